The van der Waals surface area contributed by atoms with Crippen molar-refractivity contribution >= 4 is 23.6 Å². The van der Waals surface area contributed by atoms with E-state index >= 15 is 0 Å². The fourth-order valence-corrected chi connectivity index (χ4v) is 3.15. The molecule has 7 heteroatoms. The Morgan fingerprint density at radius 1 is 1.43 bits per heavy atom. The maximum absolute atomic E-state index is 12.3. The Morgan fingerprint density at radius 3 is 3.04 bits per heavy atom. The van der Waals surface area contributed by atoms with E-state index in [2.05, 4.69) is 20.2 Å². The lowest BCUT2D eigenvalue weighted by atomic mass is 10.1. The van der Waals surface area contributed by atoms with Gasteiger partial charge in [0.15, 0.2) is 5.76 Å². The molecule has 1 unspecified atom stereocenters. The van der Waals surface area contributed by atoms with Gasteiger partial charge in [-0.25, -0.2) is 9.97 Å². The Bertz CT molecular complexity index is 647. The van der Waals surface area contributed by atoms with Gasteiger partial charge in [0.2, 0.25) is 5.95 Å². The summed E-state index contributed by atoms with van der Waals surface area (Å²) < 4.78 is 5.57. The van der Waals surface area contributed by atoms with Crippen LogP contribution in [0.15, 0.2) is 35.0 Å². The van der Waals surface area contributed by atoms with Crippen LogP contribution in [0.3, 0.4) is 0 Å². The van der Waals surface area contributed by atoms with Crippen molar-refractivity contribution in [2.24, 2.45) is 0 Å². The van der Waals surface area contributed by atoms with Crippen LogP contribution in [-0.2, 0) is 5.75 Å². The van der Waals surface area contributed by atoms with Crippen molar-refractivity contribution < 1.29 is 9.21 Å². The summed E-state index contributed by atoms with van der Waals surface area (Å²) in [6.07, 6.45) is 7.43. The molecule has 1 N–H and O–H groups in total. The highest BCUT2D eigenvalue weighted by atomic mass is 32.2. The first kappa shape index (κ1) is 15.9. The average molecular weight is 332 g/mol. The van der Waals surface area contributed by atoms with E-state index in [9.17, 15) is 4.79 Å². The third kappa shape index (κ3) is 4.04. The molecular formula is C16H20N4O2S. The number of carbonyl (C=O) groups is 1. The Kier molecular flexibility index (Phi) is 5.17. The van der Waals surface area contributed by atoms with E-state index in [0.29, 0.717) is 18.3 Å². The van der Waals surface area contributed by atoms with Crippen molar-refractivity contribution in [2.75, 3.05) is 24.2 Å². The number of nitrogens with one attached hydrogen (secondary N) is 1. The van der Waals surface area contributed by atoms with Crippen molar-refractivity contribution in [3.63, 3.8) is 0 Å². The molecule has 1 aliphatic rings. The van der Waals surface area contributed by atoms with E-state index in [1.54, 1.807) is 36.3 Å². The van der Waals surface area contributed by atoms with E-state index < -0.39 is 0 Å². The average Bonchev–Trinajstić information content (AvgIpc) is 3.05. The summed E-state index contributed by atoms with van der Waals surface area (Å²) in [6, 6.07) is 5.47. The maximum Gasteiger partial charge on any atom is 0.287 e. The number of aromatic nitrogens is 2. The van der Waals surface area contributed by atoms with Crippen molar-refractivity contribution in [3.05, 3.63) is 42.1 Å². The summed E-state index contributed by atoms with van der Waals surface area (Å²) in [7, 11) is 0. The Hall–Kier alpha value is -2.02. The fourth-order valence-electron chi connectivity index (χ4n) is 2.71. The van der Waals surface area contributed by atoms with Crippen molar-refractivity contribution in [1.82, 2.24) is 15.3 Å². The van der Waals surface area contributed by atoms with Crippen LogP contribution in [0.5, 0.6) is 0 Å². The molecule has 1 saturated heterocycles. The number of hydrogen-bond donors (Lipinski definition) is 1. The van der Waals surface area contributed by atoms with Gasteiger partial charge < -0.3 is 14.6 Å². The summed E-state index contributed by atoms with van der Waals surface area (Å²) in [5, 5.41) is 3.05. The second-order valence-corrected chi connectivity index (χ2v) is 6.37. The summed E-state index contributed by atoms with van der Waals surface area (Å²) in [5.74, 6) is 2.54. The Labute approximate surface area is 139 Å². The van der Waals surface area contributed by atoms with Gasteiger partial charge in [0, 0.05) is 31.5 Å². The van der Waals surface area contributed by atoms with Gasteiger partial charge >= 0.3 is 0 Å². The second kappa shape index (κ2) is 7.50. The molecule has 1 atom stereocenters. The number of rotatable bonds is 5. The molecular weight excluding hydrogens is 312 g/mol. The molecule has 6 nitrogen and oxygen atoms in total. The maximum atomic E-state index is 12.3. The predicted octanol–water partition coefficient (Wildman–Crippen LogP) is 2.33. The highest BCUT2D eigenvalue weighted by Gasteiger charge is 2.24. The SMILES string of the molecule is CSCc1ccc(C(=O)NC2CCCN(c3ncccn3)C2)o1. The zero-order valence-corrected chi connectivity index (χ0v) is 13.9. The smallest absolute Gasteiger partial charge is 0.287 e. The molecule has 1 amide bonds. The van der Waals surface area contributed by atoms with Gasteiger partial charge in [0.25, 0.3) is 5.91 Å². The monoisotopic (exact) mass is 332 g/mol. The van der Waals surface area contributed by atoms with Crippen LogP contribution in [0.4, 0.5) is 5.95 Å². The molecule has 1 fully saturated rings. The van der Waals surface area contributed by atoms with Crippen LogP contribution in [0.25, 0.3) is 0 Å². The largest absolute Gasteiger partial charge is 0.455 e. The minimum Gasteiger partial charge on any atom is -0.455 e. The topological polar surface area (TPSA) is 71.3 Å². The summed E-state index contributed by atoms with van der Waals surface area (Å²) in [5.41, 5.74) is 0. The third-order valence-electron chi connectivity index (χ3n) is 3.76. The van der Waals surface area contributed by atoms with Gasteiger partial charge in [-0.1, -0.05) is 0 Å². The van der Waals surface area contributed by atoms with E-state index in [1.165, 1.54) is 0 Å². The zero-order valence-electron chi connectivity index (χ0n) is 13.1. The minimum absolute atomic E-state index is 0.0779. The van der Waals surface area contributed by atoms with Crippen LogP contribution in [0.2, 0.25) is 0 Å². The van der Waals surface area contributed by atoms with Gasteiger partial charge in [0.1, 0.15) is 5.76 Å². The lowest BCUT2D eigenvalue weighted by Crippen LogP contribution is -2.48. The number of anilines is 1. The lowest BCUT2D eigenvalue weighted by Gasteiger charge is -2.32. The molecule has 3 heterocycles. The van der Waals surface area contributed by atoms with Gasteiger partial charge in [-0.3, -0.25) is 4.79 Å². The van der Waals surface area contributed by atoms with E-state index in [1.807, 2.05) is 12.3 Å². The minimum atomic E-state index is -0.154. The summed E-state index contributed by atoms with van der Waals surface area (Å²) in [4.78, 5) is 23.0. The number of nitrogens with zero attached hydrogens (tertiary/aromatic N) is 3. The Balaban J connectivity index is 1.59. The standard InChI is InChI=1S/C16H20N4O2S/c1-23-11-13-5-6-14(22-13)15(21)19-12-4-2-9-20(10-12)16-17-7-3-8-18-16/h3,5-8,12H,2,4,9-11H2,1H3,(H,19,21). The third-order valence-corrected chi connectivity index (χ3v) is 4.34. The fraction of sp³-hybridized carbons (Fsp3) is 0.438. The van der Waals surface area contributed by atoms with Gasteiger partial charge in [0.05, 0.1) is 5.75 Å². The predicted molar refractivity (Wildman–Crippen MR) is 90.7 cm³/mol. The van der Waals surface area contributed by atoms with Crippen molar-refractivity contribution in [3.8, 4) is 0 Å². The molecule has 0 radical (unpaired) electrons. The zero-order chi connectivity index (χ0) is 16.1. The normalized spacial score (nSPS) is 18.0. The van der Waals surface area contributed by atoms with Crippen LogP contribution >= 0.6 is 11.8 Å². The first-order chi connectivity index (χ1) is 11.3. The van der Waals surface area contributed by atoms with Crippen molar-refractivity contribution in [2.45, 2.75) is 24.6 Å². The molecule has 3 rings (SSSR count). The lowest BCUT2D eigenvalue weighted by molar-refractivity contribution is 0.0903. The van der Waals surface area contributed by atoms with E-state index in [4.69, 9.17) is 4.42 Å². The number of carbonyl (C=O) groups excluding carboxylic acids is 1. The Morgan fingerprint density at radius 2 is 2.26 bits per heavy atom. The molecule has 0 saturated carbocycles. The second-order valence-electron chi connectivity index (χ2n) is 5.51. The number of amides is 1. The molecule has 2 aromatic heterocycles. The molecule has 0 spiro atoms. The number of hydrogen-bond acceptors (Lipinski definition) is 6. The molecule has 0 aliphatic carbocycles. The van der Waals surface area contributed by atoms with Crippen LogP contribution < -0.4 is 10.2 Å². The molecule has 23 heavy (non-hydrogen) atoms. The van der Waals surface area contributed by atoms with E-state index in [0.717, 1.165) is 30.9 Å². The van der Waals surface area contributed by atoms with Crippen LogP contribution in [-0.4, -0.2) is 41.3 Å². The number of thioether (sulfide) groups is 1. The van der Waals surface area contributed by atoms with Crippen LogP contribution in [0, 0.1) is 0 Å². The van der Waals surface area contributed by atoms with Gasteiger partial charge in [-0.05, 0) is 37.3 Å². The summed E-state index contributed by atoms with van der Waals surface area (Å²) >= 11 is 1.67. The molecule has 0 aromatic carbocycles. The molecule has 0 bridgehead atoms. The van der Waals surface area contributed by atoms with Crippen LogP contribution in [0.1, 0.15) is 29.2 Å². The molecule has 2 aromatic rings. The van der Waals surface area contributed by atoms with E-state index in [-0.39, 0.29) is 11.9 Å². The summed E-state index contributed by atoms with van der Waals surface area (Å²) in [6.45, 7) is 1.63. The van der Waals surface area contributed by atoms with Crippen molar-refractivity contribution in [1.29, 1.82) is 0 Å². The molecule has 1 aliphatic heterocycles. The van der Waals surface area contributed by atoms with Gasteiger partial charge in [-0.2, -0.15) is 11.8 Å². The molecule has 122 valence electrons. The number of piperidine rings is 1. The van der Waals surface area contributed by atoms with Gasteiger partial charge in [-0.15, -0.1) is 0 Å². The first-order valence-corrected chi connectivity index (χ1v) is 9.06. The highest BCUT2D eigenvalue weighted by Crippen LogP contribution is 2.17. The number of furan rings is 1. The quantitative estimate of drug-likeness (QED) is 0.906. The highest BCUT2D eigenvalue weighted by molar-refractivity contribution is 7.97. The first-order valence-electron chi connectivity index (χ1n) is 7.67.